The van der Waals surface area contributed by atoms with Crippen LogP contribution in [0.4, 0.5) is 0 Å². The minimum atomic E-state index is -0.333. The maximum atomic E-state index is 9.22. The van der Waals surface area contributed by atoms with E-state index < -0.39 is 0 Å². The topological polar surface area (TPSA) is 17.1 Å². The molecular formula is C3H4OY-2. The van der Waals surface area contributed by atoms with Gasteiger partial charge in [-0.1, -0.05) is 0 Å². The van der Waals surface area contributed by atoms with Crippen LogP contribution in [0, 0.1) is 13.8 Å². The molecule has 0 atom stereocenters. The van der Waals surface area contributed by atoms with E-state index in [2.05, 4.69) is 13.8 Å². The molecule has 0 aliphatic heterocycles. The zero-order valence-corrected chi connectivity index (χ0v) is 5.74. The molecule has 0 aliphatic rings. The SMILES string of the molecule is [CH2-]C([CH2-])=O.[Y]. The fraction of sp³-hybridized carbons (Fsp3) is 0. The van der Waals surface area contributed by atoms with Crippen LogP contribution in [-0.2, 0) is 37.5 Å². The van der Waals surface area contributed by atoms with E-state index in [0.29, 0.717) is 0 Å². The van der Waals surface area contributed by atoms with Crippen molar-refractivity contribution in [3.8, 4) is 0 Å². The van der Waals surface area contributed by atoms with Gasteiger partial charge in [-0.3, -0.25) is 0 Å². The number of hydrogen-bond donors (Lipinski definition) is 0. The summed E-state index contributed by atoms with van der Waals surface area (Å²) >= 11 is 0. The Balaban J connectivity index is 0. The Morgan fingerprint density at radius 2 is 1.40 bits per heavy atom. The minimum absolute atomic E-state index is 0. The first-order valence-corrected chi connectivity index (χ1v) is 0.911. The third kappa shape index (κ3) is 108. The summed E-state index contributed by atoms with van der Waals surface area (Å²) in [6.45, 7) is 5.78. The molecule has 0 bridgehead atoms. The Labute approximate surface area is 57.0 Å². The summed E-state index contributed by atoms with van der Waals surface area (Å²) in [4.78, 5) is 9.22. The number of carbonyl (C=O) groups is 1. The number of Topliss-reactive ketones (excluding diaryl/α,β-unsaturated/α-hetero) is 1. The van der Waals surface area contributed by atoms with Gasteiger partial charge in [0.05, 0.1) is 0 Å². The van der Waals surface area contributed by atoms with Crippen LogP contribution in [0.25, 0.3) is 0 Å². The summed E-state index contributed by atoms with van der Waals surface area (Å²) in [6, 6.07) is 0. The van der Waals surface area contributed by atoms with E-state index >= 15 is 0 Å². The average Bonchev–Trinajstić information content (AvgIpc) is 0.811. The van der Waals surface area contributed by atoms with E-state index in [1.165, 1.54) is 0 Å². The normalized spacial score (nSPS) is 4.80. The van der Waals surface area contributed by atoms with E-state index in [-0.39, 0.29) is 38.5 Å². The molecule has 5 heavy (non-hydrogen) atoms. The van der Waals surface area contributed by atoms with Crippen molar-refractivity contribution < 1.29 is 37.5 Å². The van der Waals surface area contributed by atoms with Crippen molar-refractivity contribution in [2.45, 2.75) is 0 Å². The zero-order chi connectivity index (χ0) is 3.58. The first-order chi connectivity index (χ1) is 1.73. The molecule has 27 valence electrons. The Morgan fingerprint density at radius 3 is 1.40 bits per heavy atom. The number of carbonyl (C=O) groups excluding carboxylic acids is 1. The van der Waals surface area contributed by atoms with Gasteiger partial charge in [0.15, 0.2) is 0 Å². The molecule has 2 heteroatoms. The predicted octanol–water partition coefficient (Wildman–Crippen LogP) is 0.221. The molecular weight excluding hydrogens is 141 g/mol. The Bertz CT molecular complexity index is 29.9. The molecule has 0 saturated heterocycles. The maximum absolute atomic E-state index is 9.22. The number of rotatable bonds is 0. The van der Waals surface area contributed by atoms with Crippen LogP contribution in [0.1, 0.15) is 0 Å². The Kier molecular flexibility index (Phi) is 8.21. The molecule has 0 spiro atoms. The molecule has 1 nitrogen and oxygen atoms in total. The van der Waals surface area contributed by atoms with Gasteiger partial charge in [-0.15, -0.1) is 5.78 Å². The third-order valence-electron chi connectivity index (χ3n) is 0. The smallest absolute Gasteiger partial charge is 0 e. The maximum Gasteiger partial charge on any atom is 0 e. The second-order valence-electron chi connectivity index (χ2n) is 0.539. The molecule has 0 aromatic carbocycles. The summed E-state index contributed by atoms with van der Waals surface area (Å²) in [5.41, 5.74) is 0. The van der Waals surface area contributed by atoms with Gasteiger partial charge < -0.3 is 18.6 Å². The van der Waals surface area contributed by atoms with Gasteiger partial charge in [0.2, 0.25) is 0 Å². The molecule has 0 N–H and O–H groups in total. The van der Waals surface area contributed by atoms with Gasteiger partial charge in [-0.2, -0.15) is 0 Å². The number of ketones is 1. The summed E-state index contributed by atoms with van der Waals surface area (Å²) in [5.74, 6) is -0.333. The minimum Gasteiger partial charge on any atom is -0.370 e. The van der Waals surface area contributed by atoms with Crippen LogP contribution in [0.3, 0.4) is 0 Å². The van der Waals surface area contributed by atoms with Crippen molar-refractivity contribution in [2.24, 2.45) is 0 Å². The molecule has 0 aromatic heterocycles. The quantitative estimate of drug-likeness (QED) is 0.445. The van der Waals surface area contributed by atoms with E-state index in [1.54, 1.807) is 0 Å². The second-order valence-corrected chi connectivity index (χ2v) is 0.539. The molecule has 0 rings (SSSR count). The molecule has 0 unspecified atom stereocenters. The average molecular weight is 145 g/mol. The van der Waals surface area contributed by atoms with Crippen molar-refractivity contribution in [1.29, 1.82) is 0 Å². The van der Waals surface area contributed by atoms with Crippen LogP contribution in [-0.4, -0.2) is 5.78 Å². The second kappa shape index (κ2) is 4.51. The fourth-order valence-corrected chi connectivity index (χ4v) is 0. The van der Waals surface area contributed by atoms with E-state index in [9.17, 15) is 4.79 Å². The molecule has 0 fully saturated rings. The Hall–Kier alpha value is 0.514. The molecule has 0 heterocycles. The molecule has 0 aliphatic carbocycles. The largest absolute Gasteiger partial charge is 0.370 e. The van der Waals surface area contributed by atoms with Crippen LogP contribution in [0.2, 0.25) is 0 Å². The zero-order valence-electron chi connectivity index (χ0n) is 2.90. The van der Waals surface area contributed by atoms with Gasteiger partial charge in [0, 0.05) is 32.7 Å². The van der Waals surface area contributed by atoms with Crippen LogP contribution < -0.4 is 0 Å². The monoisotopic (exact) mass is 145 g/mol. The summed E-state index contributed by atoms with van der Waals surface area (Å²) in [6.07, 6.45) is 0. The van der Waals surface area contributed by atoms with Gasteiger partial charge >= 0.3 is 0 Å². The van der Waals surface area contributed by atoms with E-state index in [1.807, 2.05) is 0 Å². The third-order valence-corrected chi connectivity index (χ3v) is 0. The summed E-state index contributed by atoms with van der Waals surface area (Å²) < 4.78 is 0. The molecule has 0 saturated carbocycles. The summed E-state index contributed by atoms with van der Waals surface area (Å²) in [5, 5.41) is 0. The van der Waals surface area contributed by atoms with E-state index in [0.717, 1.165) is 0 Å². The van der Waals surface area contributed by atoms with Crippen molar-refractivity contribution in [3.63, 3.8) is 0 Å². The van der Waals surface area contributed by atoms with Crippen LogP contribution in [0.15, 0.2) is 0 Å². The van der Waals surface area contributed by atoms with Gasteiger partial charge in [-0.25, -0.2) is 0 Å². The first-order valence-electron chi connectivity index (χ1n) is 0.911. The van der Waals surface area contributed by atoms with Gasteiger partial charge in [0.25, 0.3) is 0 Å². The molecule has 1 radical (unpaired) electrons. The summed E-state index contributed by atoms with van der Waals surface area (Å²) in [7, 11) is 0. The molecule has 0 aromatic rings. The Morgan fingerprint density at radius 1 is 1.40 bits per heavy atom. The van der Waals surface area contributed by atoms with Crippen molar-refractivity contribution >= 4 is 5.78 Å². The van der Waals surface area contributed by atoms with Crippen LogP contribution >= 0.6 is 0 Å². The first kappa shape index (κ1) is 9.10. The van der Waals surface area contributed by atoms with Crippen molar-refractivity contribution in [2.75, 3.05) is 0 Å². The van der Waals surface area contributed by atoms with Crippen LogP contribution in [0.5, 0.6) is 0 Å². The predicted molar refractivity (Wildman–Crippen MR) is 15.7 cm³/mol. The molecule has 0 amide bonds. The standard InChI is InChI=1S/C3H4O.Y/c1-3(2)4;/h1-2H2;/q-2;. The van der Waals surface area contributed by atoms with Gasteiger partial charge in [0.1, 0.15) is 0 Å². The van der Waals surface area contributed by atoms with Gasteiger partial charge in [-0.05, 0) is 0 Å². The van der Waals surface area contributed by atoms with Crippen molar-refractivity contribution in [3.05, 3.63) is 13.8 Å². The number of hydrogen-bond acceptors (Lipinski definition) is 1. The fourth-order valence-electron chi connectivity index (χ4n) is 0. The van der Waals surface area contributed by atoms with Crippen molar-refractivity contribution in [1.82, 2.24) is 0 Å². The van der Waals surface area contributed by atoms with E-state index in [4.69, 9.17) is 0 Å².